The second-order valence-corrected chi connectivity index (χ2v) is 19.4. The fraction of sp³-hybridized carbons (Fsp3) is 0.740. The van der Waals surface area contributed by atoms with Crippen LogP contribution >= 0.6 is 0 Å². The van der Waals surface area contributed by atoms with E-state index in [9.17, 15) is 44.4 Å². The number of Topliss-reactive ketones (excluding diaryl/α,β-unsaturated/α-hetero) is 3. The average molecular weight is 900 g/mol. The average Bonchev–Trinajstić information content (AvgIpc) is 3.26. The summed E-state index contributed by atoms with van der Waals surface area (Å²) in [4.78, 5) is 71.4. The van der Waals surface area contributed by atoms with Gasteiger partial charge in [0, 0.05) is 51.4 Å². The predicted octanol–water partition coefficient (Wildman–Crippen LogP) is 5.53. The van der Waals surface area contributed by atoms with Crippen molar-refractivity contribution in [2.45, 2.75) is 180 Å². The predicted molar refractivity (Wildman–Crippen MR) is 240 cm³/mol. The van der Waals surface area contributed by atoms with Crippen molar-refractivity contribution in [3.63, 3.8) is 0 Å². The zero-order chi connectivity index (χ0) is 47.5. The van der Waals surface area contributed by atoms with Crippen LogP contribution in [0.3, 0.4) is 0 Å². The van der Waals surface area contributed by atoms with Gasteiger partial charge in [-0.15, -0.1) is 0 Å². The minimum Gasteiger partial charge on any atom is -0.460 e. The van der Waals surface area contributed by atoms with E-state index in [1.807, 2.05) is 32.1 Å². The molecule has 0 spiro atoms. The number of aliphatic hydroxyl groups is 4. The Bertz CT molecular complexity index is 1740. The summed E-state index contributed by atoms with van der Waals surface area (Å²) in [7, 11) is 2.93. The standard InChI is InChI=1S/C50H77NO13/c1-29-15-11-10-12-16-30(2)40(53)27-37-20-18-35(7)50(60,64-37)47(57)48(58)51-22-14-13-17-38(51)49(59)63-42(32(4)25-36-19-21-39(52)43(26-36)61-8)28-41(54)31(3)24-34(6)45(56)46(62-9)44(55)33(5)23-29/h10-12,15-16,24,29,31-33,35-40,42-43,45-46,52-53,56,60H,13-14,17-23,25-28H2,1-9H3/b12-10?,15-11-,30-16?,34-24-/t29-,31-,32-,33-,35-,36+,37+,38+,39-,40+,42+,43-,45-,46+,50-/m1/s1. The Labute approximate surface area is 380 Å². The summed E-state index contributed by atoms with van der Waals surface area (Å²) in [5.41, 5.74) is 1.000. The number of allylic oxidation sites excluding steroid dienone is 6. The number of carbonyl (C=O) groups is 5. The summed E-state index contributed by atoms with van der Waals surface area (Å²) in [5.74, 6) is -8.24. The number of carbonyl (C=O) groups excluding carboxylic acids is 5. The van der Waals surface area contributed by atoms with Crippen molar-refractivity contribution in [1.29, 1.82) is 0 Å². The molecule has 2 bridgehead atoms. The Hall–Kier alpha value is -3.37. The van der Waals surface area contributed by atoms with Crippen molar-refractivity contribution >= 4 is 29.2 Å². The highest BCUT2D eigenvalue weighted by Gasteiger charge is 2.53. The maximum Gasteiger partial charge on any atom is 0.329 e. The zero-order valence-electron chi connectivity index (χ0n) is 39.6. The number of aliphatic hydroxyl groups excluding tert-OH is 3. The first-order valence-corrected chi connectivity index (χ1v) is 23.5. The molecule has 1 amide bonds. The van der Waals surface area contributed by atoms with E-state index in [2.05, 4.69) is 0 Å². The number of esters is 1. The van der Waals surface area contributed by atoms with Crippen LogP contribution in [-0.4, -0.2) is 130 Å². The quantitative estimate of drug-likeness (QED) is 0.153. The van der Waals surface area contributed by atoms with Crippen molar-refractivity contribution in [1.82, 2.24) is 4.90 Å². The monoisotopic (exact) mass is 900 g/mol. The molecule has 360 valence electrons. The number of hydrogen-bond donors (Lipinski definition) is 4. The van der Waals surface area contributed by atoms with Gasteiger partial charge < -0.3 is 44.3 Å². The third kappa shape index (κ3) is 13.8. The number of hydrogen-bond acceptors (Lipinski definition) is 13. The molecular formula is C50H77NO13. The van der Waals surface area contributed by atoms with E-state index in [1.54, 1.807) is 60.0 Å². The van der Waals surface area contributed by atoms with Crippen molar-refractivity contribution in [2.75, 3.05) is 20.8 Å². The van der Waals surface area contributed by atoms with E-state index in [0.29, 0.717) is 68.9 Å². The van der Waals surface area contributed by atoms with Crippen LogP contribution in [0.5, 0.6) is 0 Å². The summed E-state index contributed by atoms with van der Waals surface area (Å²) in [6, 6.07) is -1.16. The summed E-state index contributed by atoms with van der Waals surface area (Å²) < 4.78 is 23.3. The van der Waals surface area contributed by atoms with E-state index in [1.165, 1.54) is 7.11 Å². The number of amides is 1. The number of ether oxygens (including phenoxy) is 4. The Morgan fingerprint density at radius 1 is 0.859 bits per heavy atom. The first-order valence-electron chi connectivity index (χ1n) is 23.5. The van der Waals surface area contributed by atoms with Crippen LogP contribution in [0.2, 0.25) is 0 Å². The smallest absolute Gasteiger partial charge is 0.329 e. The molecule has 0 aromatic heterocycles. The lowest BCUT2D eigenvalue weighted by Gasteiger charge is -2.42. The molecule has 3 aliphatic heterocycles. The Kier molecular flexibility index (Phi) is 20.3. The number of ketones is 3. The first-order chi connectivity index (χ1) is 30.2. The molecule has 1 saturated carbocycles. The van der Waals surface area contributed by atoms with E-state index in [4.69, 9.17) is 18.9 Å². The van der Waals surface area contributed by atoms with Crippen LogP contribution in [0.25, 0.3) is 0 Å². The molecule has 3 fully saturated rings. The number of rotatable bonds is 5. The fourth-order valence-electron chi connectivity index (χ4n) is 9.85. The van der Waals surface area contributed by atoms with Crippen LogP contribution in [0, 0.1) is 35.5 Å². The summed E-state index contributed by atoms with van der Waals surface area (Å²) in [5, 5.41) is 44.8. The Balaban J connectivity index is 1.69. The zero-order valence-corrected chi connectivity index (χ0v) is 39.6. The van der Waals surface area contributed by atoms with Gasteiger partial charge in [-0.2, -0.15) is 0 Å². The van der Waals surface area contributed by atoms with Crippen molar-refractivity contribution < 1.29 is 63.3 Å². The topological polar surface area (TPSA) is 206 Å². The van der Waals surface area contributed by atoms with Crippen LogP contribution in [-0.2, 0) is 42.9 Å². The van der Waals surface area contributed by atoms with Crippen molar-refractivity contribution in [2.24, 2.45) is 35.5 Å². The molecule has 2 saturated heterocycles. The van der Waals surface area contributed by atoms with Crippen LogP contribution in [0.15, 0.2) is 47.6 Å². The highest BCUT2D eigenvalue weighted by molar-refractivity contribution is 6.39. The maximum atomic E-state index is 14.3. The second kappa shape index (κ2) is 24.4. The number of cyclic esters (lactones) is 1. The third-order valence-electron chi connectivity index (χ3n) is 14.2. The van der Waals surface area contributed by atoms with Gasteiger partial charge in [0.1, 0.15) is 30.1 Å². The molecule has 0 aromatic carbocycles. The van der Waals surface area contributed by atoms with Gasteiger partial charge >= 0.3 is 5.97 Å². The van der Waals surface area contributed by atoms with Crippen LogP contribution in [0.4, 0.5) is 0 Å². The third-order valence-corrected chi connectivity index (χ3v) is 14.2. The van der Waals surface area contributed by atoms with Gasteiger partial charge in [-0.05, 0) is 107 Å². The lowest BCUT2D eigenvalue weighted by atomic mass is 9.78. The Morgan fingerprint density at radius 3 is 2.27 bits per heavy atom. The normalized spacial score (nSPS) is 39.5. The number of piperidine rings is 1. The molecule has 4 rings (SSSR count). The van der Waals surface area contributed by atoms with Crippen LogP contribution in [0.1, 0.15) is 126 Å². The molecule has 64 heavy (non-hydrogen) atoms. The molecule has 0 aromatic rings. The highest BCUT2D eigenvalue weighted by atomic mass is 16.6. The lowest BCUT2D eigenvalue weighted by Crippen LogP contribution is -2.61. The van der Waals surface area contributed by atoms with Crippen molar-refractivity contribution in [3.8, 4) is 0 Å². The summed E-state index contributed by atoms with van der Waals surface area (Å²) >= 11 is 0. The molecule has 3 heterocycles. The minimum absolute atomic E-state index is 0.00489. The van der Waals surface area contributed by atoms with Gasteiger partial charge in [-0.1, -0.05) is 71.1 Å². The van der Waals surface area contributed by atoms with Gasteiger partial charge in [0.15, 0.2) is 5.78 Å². The lowest BCUT2D eigenvalue weighted by molar-refractivity contribution is -0.265. The summed E-state index contributed by atoms with van der Waals surface area (Å²) in [6.45, 7) is 12.5. The highest BCUT2D eigenvalue weighted by Crippen LogP contribution is 2.37. The van der Waals surface area contributed by atoms with Gasteiger partial charge in [0.2, 0.25) is 5.79 Å². The molecule has 15 atom stereocenters. The largest absolute Gasteiger partial charge is 0.460 e. The maximum absolute atomic E-state index is 14.3. The molecular weight excluding hydrogens is 823 g/mol. The molecule has 1 aliphatic carbocycles. The Morgan fingerprint density at radius 2 is 1.58 bits per heavy atom. The van der Waals surface area contributed by atoms with Gasteiger partial charge in [0.25, 0.3) is 11.7 Å². The number of fused-ring (bicyclic) bond motifs is 3. The first kappa shape index (κ1) is 53.2. The molecule has 0 radical (unpaired) electrons. The summed E-state index contributed by atoms with van der Waals surface area (Å²) in [6.07, 6.45) is 9.53. The van der Waals surface area contributed by atoms with E-state index >= 15 is 0 Å². The molecule has 4 N–H and O–H groups in total. The molecule has 14 heteroatoms. The molecule has 14 nitrogen and oxygen atoms in total. The van der Waals surface area contributed by atoms with Gasteiger partial charge in [-0.3, -0.25) is 19.2 Å². The SMILES string of the molecule is CO[C@@H]1C[C@H](C[C@@H](C)[C@@H]2CC(=O)[C@H](C)/C=C(/C)[C@@H](O)[C@@H](OC)C(=O)[C@H](C)C[C@H](C)/C=C\C=CC=C(C)[C@@H](O)C[C@@H]3CC[C@@H](C)[C@@](O)(O3)C(=O)C(=O)N3CCCC[C@H]3C(=O)O2)CC[C@H]1O. The number of methoxy groups -OCH3 is 2. The number of nitrogens with zero attached hydrogens (tertiary/aromatic N) is 1. The van der Waals surface area contributed by atoms with Crippen molar-refractivity contribution in [3.05, 3.63) is 47.6 Å². The molecule has 0 unspecified atom stereocenters. The van der Waals surface area contributed by atoms with E-state index < -0.39 is 83.9 Å². The van der Waals surface area contributed by atoms with Gasteiger partial charge in [-0.25, -0.2) is 4.79 Å². The van der Waals surface area contributed by atoms with Crippen LogP contribution < -0.4 is 0 Å². The molecule has 4 aliphatic rings. The minimum atomic E-state index is -2.48. The van der Waals surface area contributed by atoms with Gasteiger partial charge in [0.05, 0.1) is 24.4 Å². The fourth-order valence-corrected chi connectivity index (χ4v) is 9.85. The second-order valence-electron chi connectivity index (χ2n) is 19.4. The van der Waals surface area contributed by atoms with E-state index in [-0.39, 0.29) is 61.2 Å². The van der Waals surface area contributed by atoms with E-state index in [0.717, 1.165) is 4.90 Å².